The molecule has 35 heavy (non-hydrogen) atoms. The number of carbonyl (C=O) groups excluding carboxylic acids is 1. The molecule has 0 aliphatic heterocycles. The molecule has 0 unspecified atom stereocenters. The molecule has 4 nitrogen and oxygen atoms in total. The number of hydrogen-bond donors (Lipinski definition) is 2. The Hall–Kier alpha value is -1.16. The molecule has 196 valence electrons. The van der Waals surface area contributed by atoms with Gasteiger partial charge in [0.15, 0.2) is 5.78 Å². The van der Waals surface area contributed by atoms with Gasteiger partial charge in [0, 0.05) is 5.92 Å². The van der Waals surface area contributed by atoms with Crippen molar-refractivity contribution >= 4 is 11.8 Å². The van der Waals surface area contributed by atoms with E-state index in [4.69, 9.17) is 0 Å². The van der Waals surface area contributed by atoms with Crippen molar-refractivity contribution in [3.63, 3.8) is 0 Å². The molecule has 9 atom stereocenters. The van der Waals surface area contributed by atoms with E-state index in [9.17, 15) is 19.8 Å². The van der Waals surface area contributed by atoms with E-state index < -0.39 is 11.4 Å². The van der Waals surface area contributed by atoms with E-state index >= 15 is 0 Å². The summed E-state index contributed by atoms with van der Waals surface area (Å²) in [5.74, 6) is -0.145. The molecular weight excluding hydrogens is 436 g/mol. The van der Waals surface area contributed by atoms with Gasteiger partial charge in [-0.3, -0.25) is 9.59 Å². The van der Waals surface area contributed by atoms with E-state index in [1.54, 1.807) is 0 Å². The molecule has 5 aliphatic carbocycles. The minimum Gasteiger partial charge on any atom is -0.481 e. The minimum absolute atomic E-state index is 0.0226. The van der Waals surface area contributed by atoms with Gasteiger partial charge >= 0.3 is 5.97 Å². The Morgan fingerprint density at radius 3 is 2.11 bits per heavy atom. The van der Waals surface area contributed by atoms with Crippen LogP contribution in [0.4, 0.5) is 0 Å². The zero-order chi connectivity index (χ0) is 26.0. The summed E-state index contributed by atoms with van der Waals surface area (Å²) >= 11 is 0. The largest absolute Gasteiger partial charge is 0.481 e. The zero-order valence-electron chi connectivity index (χ0n) is 23.4. The van der Waals surface area contributed by atoms with Crippen LogP contribution in [0.5, 0.6) is 0 Å². The number of carboxylic acids is 1. The maximum absolute atomic E-state index is 14.3. The first-order valence-corrected chi connectivity index (χ1v) is 14.1. The highest BCUT2D eigenvalue weighted by Gasteiger charge is 2.72. The van der Waals surface area contributed by atoms with Crippen LogP contribution in [0.1, 0.15) is 113 Å². The van der Waals surface area contributed by atoms with Crippen molar-refractivity contribution in [1.29, 1.82) is 0 Å². The second-order valence-corrected chi connectivity index (χ2v) is 15.6. The Morgan fingerprint density at radius 1 is 0.857 bits per heavy atom. The highest BCUT2D eigenvalue weighted by atomic mass is 16.4. The molecule has 0 saturated heterocycles. The van der Waals surface area contributed by atoms with Crippen molar-refractivity contribution in [1.82, 2.24) is 0 Å². The minimum atomic E-state index is -0.749. The van der Waals surface area contributed by atoms with Gasteiger partial charge in [0.25, 0.3) is 0 Å². The number of aliphatic hydroxyl groups is 1. The van der Waals surface area contributed by atoms with Gasteiger partial charge in [-0.1, -0.05) is 54.0 Å². The molecule has 4 heteroatoms. The number of allylic oxidation sites excluding steroid dienone is 2. The average Bonchev–Trinajstić information content (AvgIpc) is 2.74. The normalized spacial score (nSPS) is 55.1. The zero-order valence-corrected chi connectivity index (χ0v) is 23.4. The molecule has 0 heterocycles. The Bertz CT molecular complexity index is 1010. The highest BCUT2D eigenvalue weighted by molar-refractivity contribution is 5.96. The Balaban J connectivity index is 1.66. The summed E-state index contributed by atoms with van der Waals surface area (Å²) in [6.07, 6.45) is 9.82. The van der Waals surface area contributed by atoms with Gasteiger partial charge in [-0.15, -0.1) is 0 Å². The fraction of sp³-hybridized carbons (Fsp3) is 0.871. The van der Waals surface area contributed by atoms with Gasteiger partial charge in [0.05, 0.1) is 11.5 Å². The summed E-state index contributed by atoms with van der Waals surface area (Å²) in [5.41, 5.74) is -0.355. The van der Waals surface area contributed by atoms with Gasteiger partial charge in [-0.25, -0.2) is 0 Å². The number of aliphatic hydroxyl groups excluding tert-OH is 1. The topological polar surface area (TPSA) is 74.6 Å². The van der Waals surface area contributed by atoms with Crippen LogP contribution in [0.3, 0.4) is 0 Å². The molecule has 4 fully saturated rings. The van der Waals surface area contributed by atoms with E-state index in [0.717, 1.165) is 44.9 Å². The number of ketones is 1. The van der Waals surface area contributed by atoms with Crippen LogP contribution < -0.4 is 0 Å². The van der Waals surface area contributed by atoms with Crippen molar-refractivity contribution in [2.75, 3.05) is 0 Å². The molecular formula is C31H48O4. The van der Waals surface area contributed by atoms with Crippen LogP contribution in [-0.2, 0) is 9.59 Å². The van der Waals surface area contributed by atoms with Gasteiger partial charge in [0.2, 0.25) is 0 Å². The molecule has 5 aliphatic rings. The maximum atomic E-state index is 14.3. The lowest BCUT2D eigenvalue weighted by Crippen LogP contribution is -2.68. The van der Waals surface area contributed by atoms with Crippen LogP contribution in [0.25, 0.3) is 0 Å². The Kier molecular flexibility index (Phi) is 5.12. The molecule has 5 rings (SSSR count). The summed E-state index contributed by atoms with van der Waals surface area (Å²) in [7, 11) is 0. The first kappa shape index (κ1) is 25.5. The molecule has 4 saturated carbocycles. The summed E-state index contributed by atoms with van der Waals surface area (Å²) in [6.45, 7) is 18.2. The molecule has 2 N–H and O–H groups in total. The van der Waals surface area contributed by atoms with Gasteiger partial charge in [0.1, 0.15) is 0 Å². The number of rotatable bonds is 1. The van der Waals surface area contributed by atoms with Crippen LogP contribution in [0, 0.1) is 49.7 Å². The molecule has 0 radical (unpaired) electrons. The standard InChI is InChI=1S/C31H48O4/c1-25(2)20-9-12-30(7)23(28(20,5)11-10-22(25)33)19(32)17-21-29(30,6)16-15-27(4)14-13-26(3,24(34)35)18-31(21,27)8/h17,20,22-23,33H,9-16,18H2,1-8H3,(H,34,35)/t20-,22-,23+,26-,27+,28-,29+,30+,31-/m0/s1. The summed E-state index contributed by atoms with van der Waals surface area (Å²) < 4.78 is 0. The fourth-order valence-corrected chi connectivity index (χ4v) is 11.0. The third kappa shape index (κ3) is 2.84. The van der Waals surface area contributed by atoms with Crippen LogP contribution in [0.2, 0.25) is 0 Å². The van der Waals surface area contributed by atoms with E-state index in [2.05, 4.69) is 48.5 Å². The molecule has 0 aromatic heterocycles. The monoisotopic (exact) mass is 484 g/mol. The van der Waals surface area contributed by atoms with E-state index in [1.807, 2.05) is 13.0 Å². The predicted molar refractivity (Wildman–Crippen MR) is 138 cm³/mol. The molecule has 0 spiro atoms. The number of fused-ring (bicyclic) bond motifs is 7. The van der Waals surface area contributed by atoms with Gasteiger partial charge in [-0.2, -0.15) is 0 Å². The third-order valence-corrected chi connectivity index (χ3v) is 13.8. The summed E-state index contributed by atoms with van der Waals surface area (Å²) in [5, 5.41) is 21.1. The lowest BCUT2D eigenvalue weighted by Gasteiger charge is -2.72. The van der Waals surface area contributed by atoms with Gasteiger partial charge in [-0.05, 0) is 109 Å². The maximum Gasteiger partial charge on any atom is 0.309 e. The SMILES string of the molecule is CC1(C)[C@@H](O)CC[C@]2(C)[C@H]3C(=O)C=C4[C@]5(C)C[C@@](C)(C(=O)O)CC[C@]5(C)CC[C@@]4(C)[C@]3(C)CC[C@@H]12. The number of aliphatic carboxylic acids is 1. The number of hydrogen-bond acceptors (Lipinski definition) is 3. The van der Waals surface area contributed by atoms with Crippen molar-refractivity contribution < 1.29 is 19.8 Å². The first-order chi connectivity index (χ1) is 15.9. The average molecular weight is 485 g/mol. The molecule has 0 aromatic carbocycles. The van der Waals surface area contributed by atoms with Gasteiger partial charge < -0.3 is 10.2 Å². The summed E-state index contributed by atoms with van der Waals surface area (Å²) in [4.78, 5) is 26.7. The predicted octanol–water partition coefficient (Wildman–Crippen LogP) is 6.80. The molecule has 0 aromatic rings. The van der Waals surface area contributed by atoms with E-state index in [-0.39, 0.29) is 50.3 Å². The fourth-order valence-electron chi connectivity index (χ4n) is 11.0. The van der Waals surface area contributed by atoms with Crippen LogP contribution >= 0.6 is 0 Å². The number of carboxylic acid groups (broad SMARTS) is 1. The van der Waals surface area contributed by atoms with Crippen molar-refractivity contribution in [3.8, 4) is 0 Å². The summed E-state index contributed by atoms with van der Waals surface area (Å²) in [6, 6.07) is 0. The first-order valence-electron chi connectivity index (χ1n) is 14.1. The quantitative estimate of drug-likeness (QED) is 0.429. The van der Waals surface area contributed by atoms with E-state index in [1.165, 1.54) is 5.57 Å². The van der Waals surface area contributed by atoms with Crippen LogP contribution in [-0.4, -0.2) is 28.1 Å². The lowest BCUT2D eigenvalue weighted by atomic mass is 9.31. The number of carbonyl (C=O) groups is 2. The molecule has 0 bridgehead atoms. The second kappa shape index (κ2) is 7.03. The smallest absolute Gasteiger partial charge is 0.309 e. The lowest BCUT2D eigenvalue weighted by molar-refractivity contribution is -0.207. The van der Waals surface area contributed by atoms with Crippen molar-refractivity contribution in [2.24, 2.45) is 49.7 Å². The van der Waals surface area contributed by atoms with Crippen molar-refractivity contribution in [2.45, 2.75) is 119 Å². The highest BCUT2D eigenvalue weighted by Crippen LogP contribution is 2.77. The third-order valence-electron chi connectivity index (χ3n) is 13.8. The Labute approximate surface area is 212 Å². The Morgan fingerprint density at radius 2 is 1.49 bits per heavy atom. The van der Waals surface area contributed by atoms with Crippen LogP contribution in [0.15, 0.2) is 11.6 Å². The van der Waals surface area contributed by atoms with E-state index in [0.29, 0.717) is 18.8 Å². The van der Waals surface area contributed by atoms with Crippen molar-refractivity contribution in [3.05, 3.63) is 11.6 Å². The second-order valence-electron chi connectivity index (χ2n) is 15.6. The molecule has 0 amide bonds.